The molecule has 0 spiro atoms. The van der Waals surface area contributed by atoms with Crippen LogP contribution in [0.1, 0.15) is 46.5 Å². The van der Waals surface area contributed by atoms with E-state index in [0.717, 1.165) is 44.7 Å². The molecule has 1 N–H and O–H groups in total. The molecule has 1 atom stereocenters. The molecule has 2 rings (SSSR count). The number of nitrogens with zero attached hydrogens (tertiary/aromatic N) is 3. The summed E-state index contributed by atoms with van der Waals surface area (Å²) in [6.45, 7) is 9.32. The lowest BCUT2D eigenvalue weighted by atomic mass is 10.1. The van der Waals surface area contributed by atoms with Crippen molar-refractivity contribution in [3.05, 3.63) is 0 Å². The molecule has 2 saturated heterocycles. The lowest BCUT2D eigenvalue weighted by molar-refractivity contribution is -0.0772. The molecule has 0 bridgehead atoms. The second-order valence-electron chi connectivity index (χ2n) is 8.01. The van der Waals surface area contributed by atoms with Crippen molar-refractivity contribution in [2.45, 2.75) is 64.2 Å². The normalized spacial score (nSPS) is 23.8. The standard InChI is InChI=1S/C17H34N4O3S.HI/c1-17(2,3)24-15-8-11-20(12-9-15)16(18-4)19-13-14-7-6-10-21(14)25(5,22)23;/h14-15H,6-13H2,1-5H3,(H,18,19);1H/t14-;/m1./s1. The maximum atomic E-state index is 11.9. The molecule has 0 aromatic carbocycles. The summed E-state index contributed by atoms with van der Waals surface area (Å²) in [5.74, 6) is 0.856. The van der Waals surface area contributed by atoms with E-state index in [1.807, 2.05) is 0 Å². The molecule has 2 fully saturated rings. The highest BCUT2D eigenvalue weighted by Gasteiger charge is 2.32. The van der Waals surface area contributed by atoms with E-state index in [-0.39, 0.29) is 35.6 Å². The molecule has 2 aliphatic rings. The van der Waals surface area contributed by atoms with Gasteiger partial charge in [-0.1, -0.05) is 0 Å². The smallest absolute Gasteiger partial charge is 0.211 e. The monoisotopic (exact) mass is 502 g/mol. The van der Waals surface area contributed by atoms with Gasteiger partial charge in [0.2, 0.25) is 10.0 Å². The van der Waals surface area contributed by atoms with Crippen LogP contribution in [0.25, 0.3) is 0 Å². The van der Waals surface area contributed by atoms with Gasteiger partial charge in [-0.05, 0) is 46.5 Å². The van der Waals surface area contributed by atoms with Gasteiger partial charge < -0.3 is 15.0 Å². The minimum Gasteiger partial charge on any atom is -0.372 e. The summed E-state index contributed by atoms with van der Waals surface area (Å²) < 4.78 is 31.4. The van der Waals surface area contributed by atoms with Crippen LogP contribution in [0.4, 0.5) is 0 Å². The Hall–Kier alpha value is -0.130. The molecule has 2 heterocycles. The maximum Gasteiger partial charge on any atom is 0.211 e. The summed E-state index contributed by atoms with van der Waals surface area (Å²) in [5.41, 5.74) is -0.107. The Balaban J connectivity index is 0.00000338. The molecule has 0 aliphatic carbocycles. The van der Waals surface area contributed by atoms with Crippen LogP contribution in [0.15, 0.2) is 4.99 Å². The number of ether oxygens (including phenoxy) is 1. The van der Waals surface area contributed by atoms with Gasteiger partial charge in [0.05, 0.1) is 18.0 Å². The summed E-state index contributed by atoms with van der Waals surface area (Å²) in [7, 11) is -1.35. The minimum atomic E-state index is -3.13. The van der Waals surface area contributed by atoms with Gasteiger partial charge in [-0.2, -0.15) is 4.31 Å². The number of halogens is 1. The number of likely N-dealkylation sites (tertiary alicyclic amines) is 1. The van der Waals surface area contributed by atoms with Crippen molar-refractivity contribution in [1.82, 2.24) is 14.5 Å². The lowest BCUT2D eigenvalue weighted by Gasteiger charge is -2.37. The molecule has 0 aromatic rings. The number of nitrogens with one attached hydrogen (secondary N) is 1. The predicted octanol–water partition coefficient (Wildman–Crippen LogP) is 1.88. The Kier molecular flexibility index (Phi) is 9.09. The van der Waals surface area contributed by atoms with Crippen molar-refractivity contribution in [3.63, 3.8) is 0 Å². The molecule has 9 heteroatoms. The zero-order valence-electron chi connectivity index (χ0n) is 16.7. The van der Waals surface area contributed by atoms with Crippen molar-refractivity contribution < 1.29 is 13.2 Å². The third-order valence-corrected chi connectivity index (χ3v) is 6.05. The first kappa shape index (κ1) is 23.9. The molecule has 0 amide bonds. The van der Waals surface area contributed by atoms with Crippen LogP contribution in [0, 0.1) is 0 Å². The van der Waals surface area contributed by atoms with Gasteiger partial charge >= 0.3 is 0 Å². The van der Waals surface area contributed by atoms with Crippen molar-refractivity contribution in [3.8, 4) is 0 Å². The van der Waals surface area contributed by atoms with E-state index in [1.165, 1.54) is 6.26 Å². The topological polar surface area (TPSA) is 74.2 Å². The van der Waals surface area contributed by atoms with E-state index >= 15 is 0 Å². The summed E-state index contributed by atoms with van der Waals surface area (Å²) in [6.07, 6.45) is 5.38. The van der Waals surface area contributed by atoms with E-state index in [9.17, 15) is 8.42 Å². The van der Waals surface area contributed by atoms with Gasteiger partial charge in [-0.25, -0.2) is 8.42 Å². The van der Waals surface area contributed by atoms with Crippen LogP contribution in [0.3, 0.4) is 0 Å². The predicted molar refractivity (Wildman–Crippen MR) is 117 cm³/mol. The fourth-order valence-corrected chi connectivity index (χ4v) is 4.86. The second kappa shape index (κ2) is 9.88. The summed E-state index contributed by atoms with van der Waals surface area (Å²) in [5, 5.41) is 3.38. The zero-order valence-corrected chi connectivity index (χ0v) is 19.8. The van der Waals surface area contributed by atoms with E-state index in [0.29, 0.717) is 19.2 Å². The van der Waals surface area contributed by atoms with Crippen molar-refractivity contribution in [2.75, 3.05) is 39.5 Å². The third-order valence-electron chi connectivity index (χ3n) is 4.72. The van der Waals surface area contributed by atoms with Gasteiger partial charge in [0.1, 0.15) is 0 Å². The second-order valence-corrected chi connectivity index (χ2v) is 9.95. The van der Waals surface area contributed by atoms with Crippen LogP contribution in [0.5, 0.6) is 0 Å². The SMILES string of the molecule is CN=C(NC[C@H]1CCCN1S(C)(=O)=O)N1CCC(OC(C)(C)C)CC1.I. The molecular formula is C17H35IN4O3S. The molecule has 2 aliphatic heterocycles. The molecule has 0 radical (unpaired) electrons. The quantitative estimate of drug-likeness (QED) is 0.361. The average Bonchev–Trinajstić information content (AvgIpc) is 2.96. The van der Waals surface area contributed by atoms with Crippen molar-refractivity contribution >= 4 is 40.0 Å². The van der Waals surface area contributed by atoms with E-state index < -0.39 is 10.0 Å². The Morgan fingerprint density at radius 3 is 2.31 bits per heavy atom. The Morgan fingerprint density at radius 2 is 1.81 bits per heavy atom. The number of hydrogen-bond acceptors (Lipinski definition) is 4. The summed E-state index contributed by atoms with van der Waals surface area (Å²) >= 11 is 0. The largest absolute Gasteiger partial charge is 0.372 e. The van der Waals surface area contributed by atoms with Crippen molar-refractivity contribution in [2.24, 2.45) is 4.99 Å². The Bertz CT molecular complexity index is 569. The number of sulfonamides is 1. The van der Waals surface area contributed by atoms with Crippen LogP contribution < -0.4 is 5.32 Å². The fourth-order valence-electron chi connectivity index (χ4n) is 3.68. The molecule has 0 aromatic heterocycles. The van der Waals surface area contributed by atoms with E-state index in [2.05, 4.69) is 36.0 Å². The summed E-state index contributed by atoms with van der Waals surface area (Å²) in [4.78, 5) is 6.62. The molecular weight excluding hydrogens is 467 g/mol. The average molecular weight is 502 g/mol. The zero-order chi connectivity index (χ0) is 18.7. The first-order valence-corrected chi connectivity index (χ1v) is 11.1. The van der Waals surface area contributed by atoms with Gasteiger partial charge in [-0.15, -0.1) is 24.0 Å². The third kappa shape index (κ3) is 7.12. The highest BCUT2D eigenvalue weighted by Crippen LogP contribution is 2.21. The van der Waals surface area contributed by atoms with Gasteiger partial charge in [0.15, 0.2) is 5.96 Å². The molecule has 154 valence electrons. The number of guanidine groups is 1. The van der Waals surface area contributed by atoms with Crippen LogP contribution in [0.2, 0.25) is 0 Å². The first-order valence-electron chi connectivity index (χ1n) is 9.20. The molecule has 0 unspecified atom stereocenters. The first-order chi connectivity index (χ1) is 11.6. The summed E-state index contributed by atoms with van der Waals surface area (Å²) in [6, 6.07) is 0.0218. The number of piperidine rings is 1. The number of aliphatic imine (C=N–C) groups is 1. The fraction of sp³-hybridized carbons (Fsp3) is 0.941. The number of rotatable bonds is 4. The van der Waals surface area contributed by atoms with E-state index in [4.69, 9.17) is 4.74 Å². The van der Waals surface area contributed by atoms with Crippen LogP contribution >= 0.6 is 24.0 Å². The van der Waals surface area contributed by atoms with E-state index in [1.54, 1.807) is 11.4 Å². The highest BCUT2D eigenvalue weighted by molar-refractivity contribution is 14.0. The van der Waals surface area contributed by atoms with Gasteiger partial charge in [0, 0.05) is 39.3 Å². The van der Waals surface area contributed by atoms with Crippen LogP contribution in [-0.2, 0) is 14.8 Å². The van der Waals surface area contributed by atoms with Gasteiger partial charge in [-0.3, -0.25) is 4.99 Å². The number of hydrogen-bond donors (Lipinski definition) is 1. The highest BCUT2D eigenvalue weighted by atomic mass is 127. The maximum absolute atomic E-state index is 11.9. The molecule has 26 heavy (non-hydrogen) atoms. The van der Waals surface area contributed by atoms with Gasteiger partial charge in [0.25, 0.3) is 0 Å². The lowest BCUT2D eigenvalue weighted by Crippen LogP contribution is -2.50. The van der Waals surface area contributed by atoms with Crippen molar-refractivity contribution in [1.29, 1.82) is 0 Å². The Morgan fingerprint density at radius 1 is 1.19 bits per heavy atom. The molecule has 0 saturated carbocycles. The minimum absolute atomic E-state index is 0. The Labute approximate surface area is 176 Å². The molecule has 7 nitrogen and oxygen atoms in total. The van der Waals surface area contributed by atoms with Crippen LogP contribution in [-0.4, -0.2) is 80.8 Å².